The molecule has 0 fully saturated rings. The maximum Gasteiger partial charge on any atom is 0.203 e. The van der Waals surface area contributed by atoms with E-state index < -0.39 is 0 Å². The van der Waals surface area contributed by atoms with Crippen LogP contribution in [0.25, 0.3) is 0 Å². The molecule has 77 valence electrons. The van der Waals surface area contributed by atoms with Gasteiger partial charge in [-0.2, -0.15) is 0 Å². The van der Waals surface area contributed by atoms with Crippen LogP contribution in [0.5, 0.6) is 17.2 Å². The second-order valence-corrected chi connectivity index (χ2v) is 2.79. The largest absolute Gasteiger partial charge is 0.493 e. The normalized spacial score (nSPS) is 9.71. The van der Waals surface area contributed by atoms with E-state index in [4.69, 9.17) is 25.8 Å². The highest BCUT2D eigenvalue weighted by Gasteiger charge is 2.12. The Morgan fingerprint density at radius 3 is 1.79 bits per heavy atom. The van der Waals surface area contributed by atoms with Gasteiger partial charge in [-0.3, -0.25) is 0 Å². The van der Waals surface area contributed by atoms with E-state index >= 15 is 0 Å². The summed E-state index contributed by atoms with van der Waals surface area (Å²) in [5.74, 6) is 3.21. The Labute approximate surface area is 88.5 Å². The van der Waals surface area contributed by atoms with Gasteiger partial charge in [0, 0.05) is 0 Å². The number of ether oxygens (including phenoxy) is 3. The van der Waals surface area contributed by atoms with Gasteiger partial charge in [-0.15, -0.1) is 11.6 Å². The lowest BCUT2D eigenvalue weighted by Crippen LogP contribution is -1.95. The third-order valence-corrected chi connectivity index (χ3v) is 2.07. The first kappa shape index (κ1) is 11.0. The summed E-state index contributed by atoms with van der Waals surface area (Å²) in [7, 11) is 4.69. The zero-order valence-electron chi connectivity index (χ0n) is 8.33. The van der Waals surface area contributed by atoms with E-state index in [1.54, 1.807) is 33.5 Å². The Bertz CT molecular complexity index is 287. The lowest BCUT2D eigenvalue weighted by Gasteiger charge is -2.12. The van der Waals surface area contributed by atoms with Gasteiger partial charge in [-0.1, -0.05) is 0 Å². The molecule has 1 radical (unpaired) electrons. The summed E-state index contributed by atoms with van der Waals surface area (Å²) in [6.07, 6.45) is 0. The number of hydrogen-bond donors (Lipinski definition) is 0. The molecule has 0 saturated carbocycles. The lowest BCUT2D eigenvalue weighted by atomic mass is 10.2. The Morgan fingerprint density at radius 2 is 1.50 bits per heavy atom. The molecule has 0 aromatic heterocycles. The van der Waals surface area contributed by atoms with Crippen molar-refractivity contribution in [3.05, 3.63) is 23.6 Å². The molecule has 1 rings (SSSR count). The van der Waals surface area contributed by atoms with Crippen LogP contribution in [0.4, 0.5) is 0 Å². The van der Waals surface area contributed by atoms with Crippen molar-refractivity contribution in [2.45, 2.75) is 0 Å². The lowest BCUT2D eigenvalue weighted by molar-refractivity contribution is 0.324. The molecule has 0 bridgehead atoms. The highest BCUT2D eigenvalue weighted by molar-refractivity contribution is 6.25. The van der Waals surface area contributed by atoms with E-state index in [0.717, 1.165) is 5.56 Å². The maximum atomic E-state index is 5.60. The summed E-state index contributed by atoms with van der Waals surface area (Å²) in [4.78, 5) is 0. The predicted octanol–water partition coefficient (Wildman–Crippen LogP) is 2.46. The molecule has 3 nitrogen and oxygen atoms in total. The summed E-state index contributed by atoms with van der Waals surface area (Å²) >= 11 is 5.60. The molecule has 0 amide bonds. The monoisotopic (exact) mass is 215 g/mol. The topological polar surface area (TPSA) is 27.7 Å². The Hall–Kier alpha value is -1.09. The van der Waals surface area contributed by atoms with Crippen LogP contribution in [-0.2, 0) is 0 Å². The second kappa shape index (κ2) is 4.96. The van der Waals surface area contributed by atoms with E-state index in [1.807, 2.05) is 0 Å². The van der Waals surface area contributed by atoms with Crippen LogP contribution < -0.4 is 14.2 Å². The molecule has 0 heterocycles. The van der Waals surface area contributed by atoms with Gasteiger partial charge >= 0.3 is 0 Å². The average molecular weight is 216 g/mol. The molecule has 0 atom stereocenters. The zero-order chi connectivity index (χ0) is 10.6. The van der Waals surface area contributed by atoms with Gasteiger partial charge in [0.1, 0.15) is 0 Å². The van der Waals surface area contributed by atoms with E-state index in [0.29, 0.717) is 17.2 Å². The molecule has 0 aliphatic rings. The fraction of sp³-hybridized carbons (Fsp3) is 0.300. The molecule has 1 aromatic rings. The minimum absolute atomic E-state index is 0.567. The summed E-state index contributed by atoms with van der Waals surface area (Å²) in [5, 5.41) is 0. The van der Waals surface area contributed by atoms with Crippen molar-refractivity contribution in [2.24, 2.45) is 0 Å². The van der Waals surface area contributed by atoms with Gasteiger partial charge in [0.05, 0.1) is 27.2 Å². The van der Waals surface area contributed by atoms with E-state index in [1.165, 1.54) is 5.88 Å². The molecular weight excluding hydrogens is 204 g/mol. The Balaban J connectivity index is 3.24. The number of hydrogen-bond acceptors (Lipinski definition) is 3. The Morgan fingerprint density at radius 1 is 1.00 bits per heavy atom. The minimum atomic E-state index is 0.567. The molecule has 14 heavy (non-hydrogen) atoms. The number of rotatable bonds is 4. The van der Waals surface area contributed by atoms with E-state index in [-0.39, 0.29) is 0 Å². The van der Waals surface area contributed by atoms with Crippen molar-refractivity contribution >= 4 is 11.6 Å². The molecule has 0 unspecified atom stereocenters. The SMILES string of the molecule is COc1cc([CH]Cl)cc(OC)c1OC. The van der Waals surface area contributed by atoms with Gasteiger partial charge in [-0.05, 0) is 17.7 Å². The second-order valence-electron chi connectivity index (χ2n) is 2.57. The average Bonchev–Trinajstić information content (AvgIpc) is 2.26. The maximum absolute atomic E-state index is 5.60. The smallest absolute Gasteiger partial charge is 0.203 e. The molecule has 4 heteroatoms. The van der Waals surface area contributed by atoms with Gasteiger partial charge < -0.3 is 14.2 Å². The van der Waals surface area contributed by atoms with Crippen molar-refractivity contribution in [2.75, 3.05) is 21.3 Å². The quantitative estimate of drug-likeness (QED) is 0.772. The van der Waals surface area contributed by atoms with Gasteiger partial charge in [-0.25, -0.2) is 0 Å². The number of benzene rings is 1. The minimum Gasteiger partial charge on any atom is -0.493 e. The molecule has 1 aromatic carbocycles. The first-order valence-corrected chi connectivity index (χ1v) is 4.44. The van der Waals surface area contributed by atoms with Crippen molar-refractivity contribution in [3.63, 3.8) is 0 Å². The van der Waals surface area contributed by atoms with E-state index in [2.05, 4.69) is 0 Å². The first-order chi connectivity index (χ1) is 6.76. The third kappa shape index (κ3) is 2.04. The summed E-state index contributed by atoms with van der Waals surface area (Å²) in [5.41, 5.74) is 0.807. The fourth-order valence-corrected chi connectivity index (χ4v) is 1.29. The van der Waals surface area contributed by atoms with Gasteiger partial charge in [0.15, 0.2) is 11.5 Å². The summed E-state index contributed by atoms with van der Waals surface area (Å²) < 4.78 is 15.4. The van der Waals surface area contributed by atoms with E-state index in [9.17, 15) is 0 Å². The molecule has 0 aliphatic heterocycles. The summed E-state index contributed by atoms with van der Waals surface area (Å²) in [6, 6.07) is 3.54. The van der Waals surface area contributed by atoms with Crippen molar-refractivity contribution < 1.29 is 14.2 Å². The van der Waals surface area contributed by atoms with Gasteiger partial charge in [0.25, 0.3) is 0 Å². The zero-order valence-corrected chi connectivity index (χ0v) is 9.09. The fourth-order valence-electron chi connectivity index (χ4n) is 1.16. The van der Waals surface area contributed by atoms with Crippen LogP contribution in [0, 0.1) is 5.88 Å². The van der Waals surface area contributed by atoms with Crippen molar-refractivity contribution in [3.8, 4) is 17.2 Å². The van der Waals surface area contributed by atoms with Crippen molar-refractivity contribution in [1.29, 1.82) is 0 Å². The van der Waals surface area contributed by atoms with Crippen LogP contribution in [0.1, 0.15) is 5.56 Å². The first-order valence-electron chi connectivity index (χ1n) is 4.00. The Kier molecular flexibility index (Phi) is 3.89. The van der Waals surface area contributed by atoms with Crippen LogP contribution >= 0.6 is 11.6 Å². The van der Waals surface area contributed by atoms with Crippen LogP contribution in [0.3, 0.4) is 0 Å². The highest BCUT2D eigenvalue weighted by Crippen LogP contribution is 2.38. The molecular formula is C10H12ClO3. The van der Waals surface area contributed by atoms with Crippen LogP contribution in [0.2, 0.25) is 0 Å². The molecule has 0 N–H and O–H groups in total. The van der Waals surface area contributed by atoms with Crippen LogP contribution in [-0.4, -0.2) is 21.3 Å². The van der Waals surface area contributed by atoms with Crippen LogP contribution in [0.15, 0.2) is 12.1 Å². The van der Waals surface area contributed by atoms with Crippen molar-refractivity contribution in [1.82, 2.24) is 0 Å². The highest BCUT2D eigenvalue weighted by atomic mass is 35.5. The number of methoxy groups -OCH3 is 3. The molecule has 0 spiro atoms. The predicted molar refractivity (Wildman–Crippen MR) is 55.4 cm³/mol. The van der Waals surface area contributed by atoms with Gasteiger partial charge in [0.2, 0.25) is 5.75 Å². The number of halogens is 1. The standard InChI is InChI=1S/C10H12ClO3/c1-12-8-4-7(6-11)5-9(13-2)10(8)14-3/h4-6H,1-3H3. The molecule has 0 saturated heterocycles. The molecule has 0 aliphatic carbocycles. The third-order valence-electron chi connectivity index (χ3n) is 1.81. The summed E-state index contributed by atoms with van der Waals surface area (Å²) in [6.45, 7) is 0.